The Labute approximate surface area is 148 Å². The van der Waals surface area contributed by atoms with E-state index in [1.54, 1.807) is 0 Å². The zero-order chi connectivity index (χ0) is 15.2. The number of hydrogen-bond acceptors (Lipinski definition) is 3. The van der Waals surface area contributed by atoms with Crippen LogP contribution < -0.4 is 11.1 Å². The predicted octanol–water partition coefficient (Wildman–Crippen LogP) is 2.69. The van der Waals surface area contributed by atoms with E-state index in [2.05, 4.69) is 37.9 Å². The van der Waals surface area contributed by atoms with E-state index in [-0.39, 0.29) is 36.1 Å². The molecule has 0 radical (unpaired) electrons. The summed E-state index contributed by atoms with van der Waals surface area (Å²) in [5.74, 6) is 1.46. The van der Waals surface area contributed by atoms with E-state index in [0.717, 1.165) is 25.9 Å². The van der Waals surface area contributed by atoms with Gasteiger partial charge in [-0.25, -0.2) is 0 Å². The summed E-state index contributed by atoms with van der Waals surface area (Å²) >= 11 is 0. The van der Waals surface area contributed by atoms with Gasteiger partial charge < -0.3 is 16.0 Å². The molecule has 1 aliphatic rings. The van der Waals surface area contributed by atoms with E-state index >= 15 is 0 Å². The Hall–Kier alpha value is -0.0300. The smallest absolute Gasteiger partial charge is 0.227 e. The molecule has 1 saturated heterocycles. The summed E-state index contributed by atoms with van der Waals surface area (Å²) in [6.45, 7) is 13.3. The molecule has 6 heteroatoms. The van der Waals surface area contributed by atoms with Crippen molar-refractivity contribution in [2.45, 2.75) is 47.0 Å². The molecule has 0 saturated carbocycles. The van der Waals surface area contributed by atoms with Gasteiger partial charge in [-0.3, -0.25) is 4.79 Å². The number of hydrogen-bond donors (Lipinski definition) is 2. The maximum atomic E-state index is 12.4. The first-order valence-corrected chi connectivity index (χ1v) is 8.18. The van der Waals surface area contributed by atoms with Crippen molar-refractivity contribution >= 4 is 30.7 Å². The van der Waals surface area contributed by atoms with Gasteiger partial charge in [0.05, 0.1) is 5.41 Å². The molecular weight excluding hydrogens is 321 g/mol. The lowest BCUT2D eigenvalue weighted by atomic mass is 9.81. The van der Waals surface area contributed by atoms with Crippen LogP contribution in [0.4, 0.5) is 0 Å². The zero-order valence-electron chi connectivity index (χ0n) is 14.6. The topological polar surface area (TPSA) is 58.4 Å². The van der Waals surface area contributed by atoms with Crippen LogP contribution in [0, 0.1) is 17.3 Å². The molecule has 0 aliphatic carbocycles. The minimum atomic E-state index is -0.365. The van der Waals surface area contributed by atoms with Crippen molar-refractivity contribution in [3.63, 3.8) is 0 Å². The highest BCUT2D eigenvalue weighted by Gasteiger charge is 2.34. The summed E-state index contributed by atoms with van der Waals surface area (Å²) in [6.07, 6.45) is 2.83. The lowest BCUT2D eigenvalue weighted by molar-refractivity contribution is -0.131. The number of amides is 1. The number of rotatable bonds is 8. The van der Waals surface area contributed by atoms with Gasteiger partial charge in [-0.15, -0.1) is 24.8 Å². The quantitative estimate of drug-likeness (QED) is 0.703. The van der Waals surface area contributed by atoms with Crippen LogP contribution in [-0.4, -0.2) is 43.5 Å². The van der Waals surface area contributed by atoms with E-state index in [4.69, 9.17) is 5.73 Å². The van der Waals surface area contributed by atoms with Crippen LogP contribution in [0.15, 0.2) is 0 Å². The van der Waals surface area contributed by atoms with Crippen LogP contribution in [0.25, 0.3) is 0 Å². The molecule has 0 bridgehead atoms. The molecule has 0 aromatic rings. The molecule has 1 amide bonds. The minimum Gasteiger partial charge on any atom is -0.355 e. The Morgan fingerprint density at radius 3 is 2.36 bits per heavy atom. The molecule has 1 atom stereocenters. The van der Waals surface area contributed by atoms with Gasteiger partial charge in [0.1, 0.15) is 0 Å². The molecule has 4 nitrogen and oxygen atoms in total. The van der Waals surface area contributed by atoms with Crippen LogP contribution in [0.2, 0.25) is 0 Å². The van der Waals surface area contributed by atoms with Crippen molar-refractivity contribution in [3.05, 3.63) is 0 Å². The van der Waals surface area contributed by atoms with Crippen molar-refractivity contribution < 1.29 is 4.79 Å². The summed E-state index contributed by atoms with van der Waals surface area (Å²) in [4.78, 5) is 14.9. The maximum absolute atomic E-state index is 12.4. The first kappa shape index (κ1) is 24.2. The lowest BCUT2D eigenvalue weighted by Gasteiger charge is -2.29. The number of halogens is 2. The summed E-state index contributed by atoms with van der Waals surface area (Å²) in [7, 11) is 0. The highest BCUT2D eigenvalue weighted by Crippen LogP contribution is 2.25. The largest absolute Gasteiger partial charge is 0.355 e. The van der Waals surface area contributed by atoms with Crippen molar-refractivity contribution in [3.8, 4) is 0 Å². The first-order chi connectivity index (χ1) is 9.47. The van der Waals surface area contributed by atoms with Gasteiger partial charge in [0, 0.05) is 26.2 Å². The molecule has 1 unspecified atom stereocenters. The third-order valence-electron chi connectivity index (χ3n) is 4.77. The van der Waals surface area contributed by atoms with Gasteiger partial charge in [0.15, 0.2) is 0 Å². The molecule has 3 N–H and O–H groups in total. The molecular formula is C16H35Cl2N3O. The maximum Gasteiger partial charge on any atom is 0.227 e. The molecule has 1 heterocycles. The van der Waals surface area contributed by atoms with E-state index in [9.17, 15) is 4.79 Å². The zero-order valence-corrected chi connectivity index (χ0v) is 16.2. The Morgan fingerprint density at radius 1 is 1.32 bits per heavy atom. The number of nitrogens with zero attached hydrogens (tertiary/aromatic N) is 1. The average Bonchev–Trinajstić information content (AvgIpc) is 2.86. The Balaban J connectivity index is 0. The Kier molecular flexibility index (Phi) is 12.7. The summed E-state index contributed by atoms with van der Waals surface area (Å²) in [6, 6.07) is 0. The standard InChI is InChI=1S/C16H33N3O.2ClH/c1-5-16(6-2,12-17)15(20)18-9-14-7-8-19(11-14)10-13(3)4;;/h13-14H,5-12,17H2,1-4H3,(H,18,20);2*1H. The van der Waals surface area contributed by atoms with E-state index in [1.165, 1.54) is 19.5 Å². The fourth-order valence-corrected chi connectivity index (χ4v) is 3.14. The van der Waals surface area contributed by atoms with Crippen molar-refractivity contribution in [1.82, 2.24) is 10.2 Å². The van der Waals surface area contributed by atoms with Gasteiger partial charge in [-0.1, -0.05) is 27.7 Å². The van der Waals surface area contributed by atoms with E-state index in [0.29, 0.717) is 18.4 Å². The lowest BCUT2D eigenvalue weighted by Crippen LogP contribution is -2.46. The number of carbonyl (C=O) groups excluding carboxylic acids is 1. The minimum absolute atomic E-state index is 0. The van der Waals surface area contributed by atoms with Gasteiger partial charge in [-0.2, -0.15) is 0 Å². The van der Waals surface area contributed by atoms with Crippen LogP contribution in [0.1, 0.15) is 47.0 Å². The highest BCUT2D eigenvalue weighted by molar-refractivity contribution is 5.85. The average molecular weight is 356 g/mol. The Bertz CT molecular complexity index is 302. The van der Waals surface area contributed by atoms with Gasteiger partial charge in [-0.05, 0) is 37.6 Å². The van der Waals surface area contributed by atoms with Crippen LogP contribution in [0.3, 0.4) is 0 Å². The molecule has 0 aromatic carbocycles. The predicted molar refractivity (Wildman–Crippen MR) is 99.0 cm³/mol. The second kappa shape index (κ2) is 11.5. The SMILES string of the molecule is CCC(CC)(CN)C(=O)NCC1CCN(CC(C)C)C1.Cl.Cl. The molecule has 22 heavy (non-hydrogen) atoms. The molecule has 1 fully saturated rings. The van der Waals surface area contributed by atoms with Gasteiger partial charge in [0.25, 0.3) is 0 Å². The third-order valence-corrected chi connectivity index (χ3v) is 4.77. The second-order valence-electron chi connectivity index (χ2n) is 6.71. The summed E-state index contributed by atoms with van der Waals surface area (Å²) < 4.78 is 0. The fraction of sp³-hybridized carbons (Fsp3) is 0.938. The Morgan fingerprint density at radius 2 is 1.91 bits per heavy atom. The molecule has 0 spiro atoms. The first-order valence-electron chi connectivity index (χ1n) is 8.18. The van der Waals surface area contributed by atoms with Crippen LogP contribution in [-0.2, 0) is 4.79 Å². The molecule has 0 aromatic heterocycles. The number of nitrogens with one attached hydrogen (secondary N) is 1. The van der Waals surface area contributed by atoms with Crippen LogP contribution >= 0.6 is 24.8 Å². The fourth-order valence-electron chi connectivity index (χ4n) is 3.14. The van der Waals surface area contributed by atoms with Crippen LogP contribution in [0.5, 0.6) is 0 Å². The normalized spacial score (nSPS) is 18.7. The highest BCUT2D eigenvalue weighted by atomic mass is 35.5. The van der Waals surface area contributed by atoms with Crippen molar-refractivity contribution in [2.75, 3.05) is 32.7 Å². The molecule has 1 aliphatic heterocycles. The molecule has 134 valence electrons. The number of nitrogens with two attached hydrogens (primary N) is 1. The number of likely N-dealkylation sites (tertiary alicyclic amines) is 1. The summed E-state index contributed by atoms with van der Waals surface area (Å²) in [5, 5.41) is 3.15. The third kappa shape index (κ3) is 6.61. The number of carbonyl (C=O) groups is 1. The van der Waals surface area contributed by atoms with E-state index < -0.39 is 0 Å². The van der Waals surface area contributed by atoms with Gasteiger partial charge in [0.2, 0.25) is 5.91 Å². The second-order valence-corrected chi connectivity index (χ2v) is 6.71. The van der Waals surface area contributed by atoms with Crippen molar-refractivity contribution in [1.29, 1.82) is 0 Å². The van der Waals surface area contributed by atoms with E-state index in [1.807, 2.05) is 0 Å². The van der Waals surface area contributed by atoms with Crippen molar-refractivity contribution in [2.24, 2.45) is 23.0 Å². The summed E-state index contributed by atoms with van der Waals surface area (Å²) in [5.41, 5.74) is 5.46. The van der Waals surface area contributed by atoms with Gasteiger partial charge >= 0.3 is 0 Å². The monoisotopic (exact) mass is 355 g/mol. The molecule has 1 rings (SSSR count).